The summed E-state index contributed by atoms with van der Waals surface area (Å²) in [6.07, 6.45) is 14.7. The molecule has 1 spiro atoms. The Balaban J connectivity index is 1.45. The summed E-state index contributed by atoms with van der Waals surface area (Å²) in [5, 5.41) is 7.17. The third kappa shape index (κ3) is 4.02. The summed E-state index contributed by atoms with van der Waals surface area (Å²) in [6, 6.07) is 3.85. The van der Waals surface area contributed by atoms with Gasteiger partial charge in [0.1, 0.15) is 5.69 Å². The van der Waals surface area contributed by atoms with Crippen LogP contribution in [-0.4, -0.2) is 46.8 Å². The Labute approximate surface area is 226 Å². The van der Waals surface area contributed by atoms with Crippen molar-refractivity contribution in [1.82, 2.24) is 34.7 Å². The summed E-state index contributed by atoms with van der Waals surface area (Å²) < 4.78 is 2.45. The molecule has 38 heavy (non-hydrogen) atoms. The molecule has 198 valence electrons. The number of H-pyrrole nitrogens is 2. The van der Waals surface area contributed by atoms with Crippen molar-refractivity contribution in [3.63, 3.8) is 0 Å². The van der Waals surface area contributed by atoms with E-state index in [1.54, 1.807) is 12.4 Å². The molecule has 0 radical (unpaired) electrons. The third-order valence-electron chi connectivity index (χ3n) is 9.12. The number of aromatic nitrogens is 7. The number of anilines is 1. The van der Waals surface area contributed by atoms with Gasteiger partial charge in [-0.15, -0.1) is 0 Å². The number of halogens is 1. The first kappa shape index (κ1) is 23.9. The van der Waals surface area contributed by atoms with Crippen molar-refractivity contribution < 1.29 is 0 Å². The molecule has 0 bridgehead atoms. The van der Waals surface area contributed by atoms with Gasteiger partial charge in [0.25, 0.3) is 0 Å². The average Bonchev–Trinajstić information content (AvgIpc) is 3.61. The lowest BCUT2D eigenvalue weighted by Gasteiger charge is -2.46. The van der Waals surface area contributed by atoms with Gasteiger partial charge in [-0.2, -0.15) is 5.10 Å². The van der Waals surface area contributed by atoms with Crippen LogP contribution in [0.1, 0.15) is 64.7 Å². The van der Waals surface area contributed by atoms with Gasteiger partial charge in [-0.25, -0.2) is 19.9 Å². The van der Waals surface area contributed by atoms with Crippen LogP contribution in [0.25, 0.3) is 33.8 Å². The summed E-state index contributed by atoms with van der Waals surface area (Å²) in [5.74, 6) is 2.86. The van der Waals surface area contributed by atoms with Crippen LogP contribution in [0, 0.1) is 11.8 Å². The lowest BCUT2D eigenvalue weighted by molar-refractivity contribution is 0.242. The average molecular weight is 533 g/mol. The van der Waals surface area contributed by atoms with Crippen LogP contribution in [-0.2, 0) is 6.54 Å². The maximum atomic E-state index is 11.9. The predicted octanol–water partition coefficient (Wildman–Crippen LogP) is 5.57. The van der Waals surface area contributed by atoms with Crippen molar-refractivity contribution in [2.45, 2.75) is 76.8 Å². The first-order valence-electron chi connectivity index (χ1n) is 13.9. The Bertz CT molecular complexity index is 1540. The minimum Gasteiger partial charge on any atom is -0.337 e. The van der Waals surface area contributed by atoms with E-state index in [4.69, 9.17) is 21.6 Å². The topological polar surface area (TPSA) is 108 Å². The molecule has 3 fully saturated rings. The van der Waals surface area contributed by atoms with Crippen LogP contribution in [0.15, 0.2) is 29.3 Å². The highest BCUT2D eigenvalue weighted by atomic mass is 35.5. The standard InChI is InChI=1S/C28H33ClN8O/c1-17-4-6-18(7-5-17)16-36-24-21(32-27(36)37-11-3-10-28(37)8-2-9-28)13-22(25-33-26(38)35-34-25)31-23(24)19-12-20(29)15-30-14-19/h12-15,17-18H,2-11,16H2,1H3,(H2,33,34,35,38). The largest absolute Gasteiger partial charge is 0.340 e. The molecule has 0 atom stereocenters. The van der Waals surface area contributed by atoms with Gasteiger partial charge in [0.2, 0.25) is 5.95 Å². The lowest BCUT2D eigenvalue weighted by Crippen LogP contribution is -2.50. The van der Waals surface area contributed by atoms with Gasteiger partial charge in [-0.1, -0.05) is 31.4 Å². The highest BCUT2D eigenvalue weighted by molar-refractivity contribution is 6.30. The monoisotopic (exact) mass is 532 g/mol. The molecule has 0 unspecified atom stereocenters. The second-order valence-corrected chi connectivity index (χ2v) is 12.1. The number of nitrogens with zero attached hydrogens (tertiary/aromatic N) is 6. The van der Waals surface area contributed by atoms with Crippen LogP contribution < -0.4 is 10.6 Å². The zero-order valence-corrected chi connectivity index (χ0v) is 22.5. The number of hydrogen-bond acceptors (Lipinski definition) is 6. The highest BCUT2D eigenvalue weighted by Gasteiger charge is 2.47. The Hall–Kier alpha value is -3.20. The van der Waals surface area contributed by atoms with Crippen molar-refractivity contribution in [2.75, 3.05) is 11.4 Å². The quantitative estimate of drug-likeness (QED) is 0.347. The molecule has 0 amide bonds. The first-order chi connectivity index (χ1) is 18.5. The molecule has 0 aromatic carbocycles. The zero-order chi connectivity index (χ0) is 25.9. The highest BCUT2D eigenvalue weighted by Crippen LogP contribution is 2.48. The number of fused-ring (bicyclic) bond motifs is 1. The summed E-state index contributed by atoms with van der Waals surface area (Å²) in [7, 11) is 0. The molecule has 2 aliphatic carbocycles. The number of hydrogen-bond donors (Lipinski definition) is 2. The van der Waals surface area contributed by atoms with E-state index in [9.17, 15) is 4.79 Å². The SMILES string of the molecule is CC1CCC(Cn2c(N3CCCC34CCC4)nc3cc(-c4n[nH]c(=O)[nH]4)nc(-c4cncc(Cl)c4)c32)CC1. The van der Waals surface area contributed by atoms with Crippen LogP contribution in [0.3, 0.4) is 0 Å². The van der Waals surface area contributed by atoms with E-state index in [2.05, 4.69) is 36.6 Å². The van der Waals surface area contributed by atoms with Gasteiger partial charge in [0.05, 0.1) is 21.7 Å². The van der Waals surface area contributed by atoms with Crippen molar-refractivity contribution in [3.05, 3.63) is 40.0 Å². The zero-order valence-electron chi connectivity index (χ0n) is 21.7. The maximum Gasteiger partial charge on any atom is 0.340 e. The van der Waals surface area contributed by atoms with Crippen molar-refractivity contribution in [2.24, 2.45) is 11.8 Å². The van der Waals surface area contributed by atoms with E-state index >= 15 is 0 Å². The first-order valence-corrected chi connectivity index (χ1v) is 14.3. The van der Waals surface area contributed by atoms with E-state index < -0.39 is 0 Å². The van der Waals surface area contributed by atoms with Gasteiger partial charge in [0, 0.05) is 36.6 Å². The third-order valence-corrected chi connectivity index (χ3v) is 9.33. The predicted molar refractivity (Wildman–Crippen MR) is 148 cm³/mol. The molecular formula is C28H33ClN8O. The summed E-state index contributed by atoms with van der Waals surface area (Å²) in [4.78, 5) is 31.9. The fraction of sp³-hybridized carbons (Fsp3) is 0.536. The summed E-state index contributed by atoms with van der Waals surface area (Å²) in [5.41, 5.74) is 3.89. The van der Waals surface area contributed by atoms with E-state index in [0.29, 0.717) is 22.5 Å². The maximum absolute atomic E-state index is 11.9. The second-order valence-electron chi connectivity index (χ2n) is 11.6. The molecule has 2 saturated carbocycles. The van der Waals surface area contributed by atoms with E-state index in [-0.39, 0.29) is 11.2 Å². The molecule has 1 saturated heterocycles. The minimum atomic E-state index is -0.366. The van der Waals surface area contributed by atoms with Crippen molar-refractivity contribution in [1.29, 1.82) is 0 Å². The number of imidazole rings is 1. The van der Waals surface area contributed by atoms with E-state index in [1.807, 2.05) is 12.1 Å². The fourth-order valence-electron chi connectivity index (χ4n) is 6.90. The molecule has 4 aromatic heterocycles. The Kier molecular flexibility index (Phi) is 5.80. The van der Waals surface area contributed by atoms with Crippen LogP contribution in [0.2, 0.25) is 5.02 Å². The minimum absolute atomic E-state index is 0.238. The van der Waals surface area contributed by atoms with Gasteiger partial charge in [0.15, 0.2) is 5.82 Å². The molecule has 9 nitrogen and oxygen atoms in total. The number of aromatic amines is 2. The van der Waals surface area contributed by atoms with Gasteiger partial charge >= 0.3 is 5.69 Å². The van der Waals surface area contributed by atoms with Gasteiger partial charge in [-0.3, -0.25) is 9.97 Å². The molecule has 2 N–H and O–H groups in total. The number of nitrogens with one attached hydrogen (secondary N) is 2. The summed E-state index contributed by atoms with van der Waals surface area (Å²) in [6.45, 7) is 4.33. The van der Waals surface area contributed by atoms with E-state index in [0.717, 1.165) is 47.2 Å². The molecule has 3 aliphatic rings. The van der Waals surface area contributed by atoms with Crippen LogP contribution >= 0.6 is 11.6 Å². The van der Waals surface area contributed by atoms with Gasteiger partial charge < -0.3 is 9.47 Å². The van der Waals surface area contributed by atoms with E-state index in [1.165, 1.54) is 57.8 Å². The molecular weight excluding hydrogens is 500 g/mol. The van der Waals surface area contributed by atoms with Crippen molar-refractivity contribution >= 4 is 28.6 Å². The van der Waals surface area contributed by atoms with Crippen molar-refractivity contribution in [3.8, 4) is 22.8 Å². The molecule has 1 aliphatic heterocycles. The molecule has 10 heteroatoms. The second kappa shape index (κ2) is 9.22. The van der Waals surface area contributed by atoms with Crippen LogP contribution in [0.5, 0.6) is 0 Å². The Morgan fingerprint density at radius 2 is 1.89 bits per heavy atom. The van der Waals surface area contributed by atoms with Crippen LogP contribution in [0.4, 0.5) is 5.95 Å². The molecule has 5 heterocycles. The summed E-state index contributed by atoms with van der Waals surface area (Å²) >= 11 is 6.40. The van der Waals surface area contributed by atoms with Gasteiger partial charge in [-0.05, 0) is 68.9 Å². The Morgan fingerprint density at radius 1 is 1.08 bits per heavy atom. The molecule has 7 rings (SSSR count). The number of rotatable bonds is 5. The number of pyridine rings is 2. The normalized spacial score (nSPS) is 22.8. The Morgan fingerprint density at radius 3 is 2.61 bits per heavy atom. The lowest BCUT2D eigenvalue weighted by atomic mass is 9.75. The fourth-order valence-corrected chi connectivity index (χ4v) is 7.08. The molecule has 4 aromatic rings. The smallest absolute Gasteiger partial charge is 0.337 e.